The molecule has 0 fully saturated rings. The van der Waals surface area contributed by atoms with Crippen molar-refractivity contribution in [2.45, 2.75) is 12.5 Å². The van der Waals surface area contributed by atoms with Crippen molar-refractivity contribution in [3.63, 3.8) is 0 Å². The van der Waals surface area contributed by atoms with E-state index in [2.05, 4.69) is 42.3 Å². The zero-order chi connectivity index (χ0) is 25.0. The molecular formula is C28H21N7O2. The van der Waals surface area contributed by atoms with Gasteiger partial charge in [0.2, 0.25) is 5.82 Å². The van der Waals surface area contributed by atoms with E-state index in [1.807, 2.05) is 77.5 Å². The van der Waals surface area contributed by atoms with E-state index in [0.29, 0.717) is 29.5 Å². The van der Waals surface area contributed by atoms with Crippen LogP contribution in [0.2, 0.25) is 0 Å². The lowest BCUT2D eigenvalue weighted by molar-refractivity contribution is 0.0909. The summed E-state index contributed by atoms with van der Waals surface area (Å²) in [7, 11) is 0. The Hall–Kier alpha value is -5.23. The lowest BCUT2D eigenvalue weighted by Gasteiger charge is -2.15. The molecule has 0 saturated heterocycles. The Balaban J connectivity index is 1.21. The van der Waals surface area contributed by atoms with Crippen molar-refractivity contribution in [3.05, 3.63) is 120 Å². The topological polar surface area (TPSA) is 111 Å². The second kappa shape index (κ2) is 9.79. The number of nitrogens with one attached hydrogen (secondary N) is 2. The number of amides is 1. The van der Waals surface area contributed by atoms with Gasteiger partial charge in [-0.3, -0.25) is 14.5 Å². The molecule has 0 bridgehead atoms. The molecule has 0 spiro atoms. The Morgan fingerprint density at radius 3 is 2.81 bits per heavy atom. The predicted molar refractivity (Wildman–Crippen MR) is 135 cm³/mol. The molecule has 2 N–H and O–H groups in total. The van der Waals surface area contributed by atoms with Gasteiger partial charge in [0.25, 0.3) is 5.91 Å². The molecule has 9 nitrogen and oxygen atoms in total. The van der Waals surface area contributed by atoms with E-state index in [1.165, 1.54) is 0 Å². The third-order valence-electron chi connectivity index (χ3n) is 5.86. The predicted octanol–water partition coefficient (Wildman–Crippen LogP) is 3.24. The zero-order valence-corrected chi connectivity index (χ0v) is 19.6. The molecule has 2 aromatic carbocycles. The van der Waals surface area contributed by atoms with E-state index in [-0.39, 0.29) is 12.4 Å². The van der Waals surface area contributed by atoms with Gasteiger partial charge in [0.15, 0.2) is 0 Å². The maximum absolute atomic E-state index is 13.0. The van der Waals surface area contributed by atoms with Crippen molar-refractivity contribution < 1.29 is 9.53 Å². The number of ether oxygens (including phenoxy) is 1. The summed E-state index contributed by atoms with van der Waals surface area (Å²) in [5.41, 5.74) is 3.37. The second-order valence-corrected chi connectivity index (χ2v) is 8.41. The van der Waals surface area contributed by atoms with Gasteiger partial charge in [-0.15, -0.1) is 5.10 Å². The van der Waals surface area contributed by atoms with Gasteiger partial charge in [-0.25, -0.2) is 15.0 Å². The van der Waals surface area contributed by atoms with Crippen LogP contribution in [-0.2, 0) is 6.42 Å². The van der Waals surface area contributed by atoms with Crippen LogP contribution in [0, 0.1) is 11.8 Å². The molecule has 180 valence electrons. The van der Waals surface area contributed by atoms with Crippen LogP contribution in [0.5, 0.6) is 5.75 Å². The SMILES string of the molecule is O=C(N[C@H]1COc2ccc(C#Cc3ccccn3)cc2-n2ccnc21)c1n[nH]c(Cc2ccccc2)n1. The molecule has 0 saturated carbocycles. The van der Waals surface area contributed by atoms with Crippen LogP contribution in [-0.4, -0.2) is 42.2 Å². The summed E-state index contributed by atoms with van der Waals surface area (Å²) in [4.78, 5) is 26.1. The number of fused-ring (bicyclic) bond motifs is 3. The van der Waals surface area contributed by atoms with Gasteiger partial charge >= 0.3 is 0 Å². The molecule has 0 aliphatic carbocycles. The summed E-state index contributed by atoms with van der Waals surface area (Å²) in [5, 5.41) is 9.92. The van der Waals surface area contributed by atoms with Gasteiger partial charge in [0.05, 0.1) is 5.69 Å². The van der Waals surface area contributed by atoms with Gasteiger partial charge in [0, 0.05) is 30.6 Å². The molecule has 0 unspecified atom stereocenters. The molecule has 37 heavy (non-hydrogen) atoms. The van der Waals surface area contributed by atoms with Crippen LogP contribution in [0.3, 0.4) is 0 Å². The Labute approximate surface area is 212 Å². The van der Waals surface area contributed by atoms with E-state index in [1.54, 1.807) is 12.4 Å². The number of rotatable bonds is 4. The highest BCUT2D eigenvalue weighted by Crippen LogP contribution is 2.31. The highest BCUT2D eigenvalue weighted by molar-refractivity contribution is 5.90. The highest BCUT2D eigenvalue weighted by Gasteiger charge is 2.27. The summed E-state index contributed by atoms with van der Waals surface area (Å²) in [6.45, 7) is 0.204. The minimum atomic E-state index is -0.506. The number of pyridine rings is 1. The molecule has 4 heterocycles. The lowest BCUT2D eigenvalue weighted by Crippen LogP contribution is -2.33. The summed E-state index contributed by atoms with van der Waals surface area (Å²) >= 11 is 0. The fraction of sp³-hybridized carbons (Fsp3) is 0.107. The average Bonchev–Trinajstić information content (AvgIpc) is 3.59. The first kappa shape index (κ1) is 22.2. The number of H-pyrrole nitrogens is 1. The summed E-state index contributed by atoms with van der Waals surface area (Å²) in [6.07, 6.45) is 5.80. The number of carbonyl (C=O) groups excluding carboxylic acids is 1. The van der Waals surface area contributed by atoms with Crippen molar-refractivity contribution in [2.75, 3.05) is 6.61 Å². The van der Waals surface area contributed by atoms with Crippen LogP contribution < -0.4 is 10.1 Å². The van der Waals surface area contributed by atoms with Crippen molar-refractivity contribution in [2.24, 2.45) is 0 Å². The zero-order valence-electron chi connectivity index (χ0n) is 19.6. The molecule has 1 amide bonds. The van der Waals surface area contributed by atoms with E-state index < -0.39 is 11.9 Å². The number of aromatic nitrogens is 6. The highest BCUT2D eigenvalue weighted by atomic mass is 16.5. The summed E-state index contributed by atoms with van der Waals surface area (Å²) in [6, 6.07) is 20.7. The van der Waals surface area contributed by atoms with Crippen molar-refractivity contribution in [1.82, 2.24) is 35.0 Å². The molecule has 1 aliphatic rings. The van der Waals surface area contributed by atoms with Crippen molar-refractivity contribution in [1.29, 1.82) is 0 Å². The molecule has 0 radical (unpaired) electrons. The Morgan fingerprint density at radius 1 is 1.05 bits per heavy atom. The van der Waals surface area contributed by atoms with E-state index in [4.69, 9.17) is 4.74 Å². The largest absolute Gasteiger partial charge is 0.489 e. The summed E-state index contributed by atoms with van der Waals surface area (Å²) in [5.74, 6) is 7.80. The van der Waals surface area contributed by atoms with Crippen LogP contribution in [0.1, 0.15) is 45.1 Å². The average molecular weight is 488 g/mol. The van der Waals surface area contributed by atoms with Gasteiger partial charge in [-0.2, -0.15) is 0 Å². The Morgan fingerprint density at radius 2 is 1.95 bits per heavy atom. The quantitative estimate of drug-likeness (QED) is 0.377. The third kappa shape index (κ3) is 4.81. The minimum absolute atomic E-state index is 0.0675. The number of nitrogens with zero attached hydrogens (tertiary/aromatic N) is 5. The standard InChI is InChI=1S/C28H21N7O2/c36-28(26-32-25(33-34-26)17-19-6-2-1-3-7-19)31-22-18-37-24-12-10-20(9-11-21-8-4-5-13-29-21)16-23(24)35-15-14-30-27(22)35/h1-8,10,12-16,22H,17-18H2,(H,31,36)(H,32,33,34)/t22-/m0/s1. The first-order valence-electron chi connectivity index (χ1n) is 11.7. The molecule has 1 aliphatic heterocycles. The molecule has 9 heteroatoms. The molecule has 3 aromatic heterocycles. The first-order chi connectivity index (χ1) is 18.2. The Kier molecular flexibility index (Phi) is 5.89. The number of hydrogen-bond acceptors (Lipinski definition) is 6. The lowest BCUT2D eigenvalue weighted by atomic mass is 10.1. The number of carbonyl (C=O) groups is 1. The number of aromatic amines is 1. The Bertz CT molecular complexity index is 1610. The number of hydrogen-bond donors (Lipinski definition) is 2. The van der Waals surface area contributed by atoms with E-state index in [0.717, 1.165) is 16.8 Å². The number of imidazole rings is 1. The van der Waals surface area contributed by atoms with Crippen LogP contribution >= 0.6 is 0 Å². The van der Waals surface area contributed by atoms with Gasteiger partial charge in [-0.1, -0.05) is 42.3 Å². The molecular weight excluding hydrogens is 466 g/mol. The maximum atomic E-state index is 13.0. The van der Waals surface area contributed by atoms with Gasteiger partial charge in [-0.05, 0) is 41.8 Å². The van der Waals surface area contributed by atoms with Crippen molar-refractivity contribution in [3.8, 4) is 23.3 Å². The number of benzene rings is 2. The second-order valence-electron chi connectivity index (χ2n) is 8.41. The van der Waals surface area contributed by atoms with Crippen LogP contribution in [0.4, 0.5) is 0 Å². The fourth-order valence-corrected chi connectivity index (χ4v) is 4.10. The monoisotopic (exact) mass is 487 g/mol. The molecule has 5 aromatic rings. The smallest absolute Gasteiger partial charge is 0.291 e. The van der Waals surface area contributed by atoms with Crippen LogP contribution in [0.15, 0.2) is 85.3 Å². The minimum Gasteiger partial charge on any atom is -0.489 e. The van der Waals surface area contributed by atoms with Gasteiger partial charge in [0.1, 0.15) is 35.7 Å². The fourth-order valence-electron chi connectivity index (χ4n) is 4.10. The van der Waals surface area contributed by atoms with Crippen LogP contribution in [0.25, 0.3) is 5.69 Å². The first-order valence-corrected chi connectivity index (χ1v) is 11.7. The molecule has 1 atom stereocenters. The van der Waals surface area contributed by atoms with Gasteiger partial charge < -0.3 is 10.1 Å². The molecule has 6 rings (SSSR count). The maximum Gasteiger partial charge on any atom is 0.291 e. The third-order valence-corrected chi connectivity index (χ3v) is 5.86. The summed E-state index contributed by atoms with van der Waals surface area (Å²) < 4.78 is 7.96. The van der Waals surface area contributed by atoms with E-state index in [9.17, 15) is 4.79 Å². The normalized spacial score (nSPS) is 13.8. The van der Waals surface area contributed by atoms with E-state index >= 15 is 0 Å². The van der Waals surface area contributed by atoms with Crippen molar-refractivity contribution >= 4 is 5.91 Å².